The summed E-state index contributed by atoms with van der Waals surface area (Å²) < 4.78 is 0. The molecule has 110 valence electrons. The van der Waals surface area contributed by atoms with Crippen molar-refractivity contribution in [1.82, 2.24) is 15.1 Å². The van der Waals surface area contributed by atoms with Crippen LogP contribution in [0.1, 0.15) is 44.9 Å². The summed E-state index contributed by atoms with van der Waals surface area (Å²) in [5, 5.41) is 3.47. The smallest absolute Gasteiger partial charge is 0.0223 e. The molecule has 3 aliphatic heterocycles. The van der Waals surface area contributed by atoms with Crippen molar-refractivity contribution in [3.05, 3.63) is 0 Å². The zero-order valence-electron chi connectivity index (χ0n) is 12.4. The maximum absolute atomic E-state index is 3.47. The molecule has 3 heterocycles. The van der Waals surface area contributed by atoms with Gasteiger partial charge in [-0.05, 0) is 70.6 Å². The Hall–Kier alpha value is -0.120. The van der Waals surface area contributed by atoms with Crippen molar-refractivity contribution >= 4 is 0 Å². The average Bonchev–Trinajstić information content (AvgIpc) is 2.48. The van der Waals surface area contributed by atoms with E-state index in [-0.39, 0.29) is 0 Å². The largest absolute Gasteiger partial charge is 0.317 e. The van der Waals surface area contributed by atoms with E-state index in [1.54, 1.807) is 0 Å². The minimum Gasteiger partial charge on any atom is -0.317 e. The quantitative estimate of drug-likeness (QED) is 0.838. The number of nitrogens with one attached hydrogen (secondary N) is 1. The van der Waals surface area contributed by atoms with Crippen LogP contribution in [0.4, 0.5) is 0 Å². The first kappa shape index (κ1) is 13.8. The maximum atomic E-state index is 3.47. The molecule has 0 aromatic rings. The Morgan fingerprint density at radius 2 is 1.84 bits per heavy atom. The molecule has 3 aliphatic rings. The van der Waals surface area contributed by atoms with Gasteiger partial charge in [-0.15, -0.1) is 0 Å². The van der Waals surface area contributed by atoms with Gasteiger partial charge >= 0.3 is 0 Å². The van der Waals surface area contributed by atoms with Crippen LogP contribution in [-0.4, -0.2) is 61.7 Å². The van der Waals surface area contributed by atoms with Gasteiger partial charge in [0.2, 0.25) is 0 Å². The van der Waals surface area contributed by atoms with Crippen LogP contribution in [0.3, 0.4) is 0 Å². The third-order valence-electron chi connectivity index (χ3n) is 5.47. The number of rotatable bonds is 4. The molecule has 3 rings (SSSR count). The van der Waals surface area contributed by atoms with E-state index in [1.165, 1.54) is 90.8 Å². The second-order valence-electron chi connectivity index (χ2n) is 6.82. The summed E-state index contributed by atoms with van der Waals surface area (Å²) in [6.45, 7) is 9.24. The van der Waals surface area contributed by atoms with Gasteiger partial charge in [0.25, 0.3) is 0 Å². The molecular weight excluding hydrogens is 234 g/mol. The predicted octanol–water partition coefficient (Wildman–Crippen LogP) is 1.94. The average molecular weight is 265 g/mol. The van der Waals surface area contributed by atoms with Crippen LogP contribution in [0.5, 0.6) is 0 Å². The van der Waals surface area contributed by atoms with Gasteiger partial charge in [0.15, 0.2) is 0 Å². The first-order chi connectivity index (χ1) is 9.42. The third kappa shape index (κ3) is 3.93. The highest BCUT2D eigenvalue weighted by Gasteiger charge is 2.28. The molecular formula is C16H31N3. The highest BCUT2D eigenvalue weighted by molar-refractivity contribution is 4.85. The van der Waals surface area contributed by atoms with Crippen molar-refractivity contribution in [2.24, 2.45) is 5.92 Å². The Kier molecular flexibility index (Phi) is 5.14. The van der Waals surface area contributed by atoms with Crippen LogP contribution in [0.2, 0.25) is 0 Å². The molecule has 0 amide bonds. The van der Waals surface area contributed by atoms with Crippen molar-refractivity contribution in [1.29, 1.82) is 0 Å². The van der Waals surface area contributed by atoms with Crippen molar-refractivity contribution < 1.29 is 0 Å². The lowest BCUT2D eigenvalue weighted by Crippen LogP contribution is -2.54. The third-order valence-corrected chi connectivity index (χ3v) is 5.47. The Bertz CT molecular complexity index is 263. The molecule has 0 saturated carbocycles. The van der Waals surface area contributed by atoms with Crippen LogP contribution in [0.25, 0.3) is 0 Å². The van der Waals surface area contributed by atoms with Gasteiger partial charge in [0.05, 0.1) is 0 Å². The number of piperidine rings is 2. The summed E-state index contributed by atoms with van der Waals surface area (Å²) in [6, 6.07) is 0.890. The molecule has 19 heavy (non-hydrogen) atoms. The van der Waals surface area contributed by atoms with Crippen molar-refractivity contribution in [2.75, 3.05) is 45.8 Å². The van der Waals surface area contributed by atoms with Gasteiger partial charge < -0.3 is 10.2 Å². The zero-order chi connectivity index (χ0) is 12.9. The van der Waals surface area contributed by atoms with Gasteiger partial charge in [0, 0.05) is 25.7 Å². The van der Waals surface area contributed by atoms with Gasteiger partial charge in [-0.1, -0.05) is 6.42 Å². The molecule has 0 aromatic heterocycles. The van der Waals surface area contributed by atoms with Crippen LogP contribution < -0.4 is 5.32 Å². The predicted molar refractivity (Wildman–Crippen MR) is 80.5 cm³/mol. The summed E-state index contributed by atoms with van der Waals surface area (Å²) in [5.74, 6) is 1.01. The lowest BCUT2D eigenvalue weighted by molar-refractivity contribution is 0.0479. The number of fused-ring (bicyclic) bond motifs is 1. The number of hydrogen-bond donors (Lipinski definition) is 1. The molecule has 1 atom stereocenters. The Morgan fingerprint density at radius 3 is 2.74 bits per heavy atom. The molecule has 3 nitrogen and oxygen atoms in total. The van der Waals surface area contributed by atoms with E-state index >= 15 is 0 Å². The van der Waals surface area contributed by atoms with Crippen LogP contribution in [0.15, 0.2) is 0 Å². The van der Waals surface area contributed by atoms with Crippen molar-refractivity contribution in [3.8, 4) is 0 Å². The summed E-state index contributed by atoms with van der Waals surface area (Å²) in [5.41, 5.74) is 0. The first-order valence-electron chi connectivity index (χ1n) is 8.59. The first-order valence-corrected chi connectivity index (χ1v) is 8.59. The lowest BCUT2D eigenvalue weighted by Gasteiger charge is -2.44. The monoisotopic (exact) mass is 265 g/mol. The normalized spacial score (nSPS) is 31.3. The fourth-order valence-corrected chi connectivity index (χ4v) is 4.20. The number of hydrogen-bond acceptors (Lipinski definition) is 3. The standard InChI is InChI=1S/C16H31N3/c1-2-11-19-13-12-18(14-16(19)5-1)10-3-4-15-6-8-17-9-7-15/h15-17H,1-14H2. The molecule has 3 saturated heterocycles. The van der Waals surface area contributed by atoms with E-state index in [0.717, 1.165) is 12.0 Å². The van der Waals surface area contributed by atoms with Gasteiger partial charge in [-0.3, -0.25) is 4.90 Å². The van der Waals surface area contributed by atoms with Gasteiger partial charge in [-0.25, -0.2) is 0 Å². The second-order valence-corrected chi connectivity index (χ2v) is 6.82. The molecule has 0 aliphatic carbocycles. The highest BCUT2D eigenvalue weighted by Crippen LogP contribution is 2.22. The van der Waals surface area contributed by atoms with E-state index in [9.17, 15) is 0 Å². The molecule has 0 spiro atoms. The van der Waals surface area contributed by atoms with Crippen LogP contribution in [-0.2, 0) is 0 Å². The molecule has 0 bridgehead atoms. The Balaban J connectivity index is 1.34. The second kappa shape index (κ2) is 7.05. The SMILES string of the molecule is C1CCN2CCN(CCCC3CCNCC3)CC2C1. The lowest BCUT2D eigenvalue weighted by atomic mass is 9.93. The van der Waals surface area contributed by atoms with Crippen molar-refractivity contribution in [2.45, 2.75) is 51.0 Å². The molecule has 1 unspecified atom stereocenters. The minimum absolute atomic E-state index is 0.890. The van der Waals surface area contributed by atoms with E-state index in [2.05, 4.69) is 15.1 Å². The molecule has 1 N–H and O–H groups in total. The molecule has 3 heteroatoms. The minimum atomic E-state index is 0.890. The fourth-order valence-electron chi connectivity index (χ4n) is 4.20. The van der Waals surface area contributed by atoms with E-state index < -0.39 is 0 Å². The van der Waals surface area contributed by atoms with Crippen LogP contribution >= 0.6 is 0 Å². The summed E-state index contributed by atoms with van der Waals surface area (Å²) in [4.78, 5) is 5.49. The molecule has 0 radical (unpaired) electrons. The summed E-state index contributed by atoms with van der Waals surface area (Å²) >= 11 is 0. The fraction of sp³-hybridized carbons (Fsp3) is 1.00. The van der Waals surface area contributed by atoms with E-state index in [1.807, 2.05) is 0 Å². The Morgan fingerprint density at radius 1 is 0.947 bits per heavy atom. The van der Waals surface area contributed by atoms with E-state index in [4.69, 9.17) is 0 Å². The zero-order valence-corrected chi connectivity index (χ0v) is 12.4. The highest BCUT2D eigenvalue weighted by atomic mass is 15.3. The van der Waals surface area contributed by atoms with Crippen molar-refractivity contribution in [3.63, 3.8) is 0 Å². The number of piperazine rings is 1. The van der Waals surface area contributed by atoms with Gasteiger partial charge in [-0.2, -0.15) is 0 Å². The molecule has 0 aromatic carbocycles. The van der Waals surface area contributed by atoms with Gasteiger partial charge in [0.1, 0.15) is 0 Å². The topological polar surface area (TPSA) is 18.5 Å². The summed E-state index contributed by atoms with van der Waals surface area (Å²) in [7, 11) is 0. The van der Waals surface area contributed by atoms with Crippen LogP contribution in [0, 0.1) is 5.92 Å². The van der Waals surface area contributed by atoms with E-state index in [0.29, 0.717) is 0 Å². The number of nitrogens with zero attached hydrogens (tertiary/aromatic N) is 2. The molecule has 3 fully saturated rings. The summed E-state index contributed by atoms with van der Waals surface area (Å²) in [6.07, 6.45) is 10.1. The Labute approximate surface area is 118 Å². The maximum Gasteiger partial charge on any atom is 0.0223 e.